The van der Waals surface area contributed by atoms with Crippen molar-refractivity contribution in [1.82, 2.24) is 4.98 Å². The molecule has 1 aromatic heterocycles. The van der Waals surface area contributed by atoms with Crippen molar-refractivity contribution in [3.63, 3.8) is 0 Å². The number of hydrogen-bond donors (Lipinski definition) is 3. The Bertz CT molecular complexity index is 601. The number of halogens is 4. The lowest BCUT2D eigenvalue weighted by Crippen LogP contribution is -2.12. The molecular weight excluding hydrogens is 281 g/mol. The molecule has 2 rings (SSSR count). The highest BCUT2D eigenvalue weighted by atomic mass is 35.5. The van der Waals surface area contributed by atoms with Crippen molar-refractivity contribution in [2.45, 2.75) is 0 Å². The first-order valence-electron chi connectivity index (χ1n) is 5.05. The van der Waals surface area contributed by atoms with Gasteiger partial charge in [0.2, 0.25) is 0 Å². The maximum Gasteiger partial charge on any atom is 0.178 e. The molecule has 0 radical (unpaired) electrons. The molecule has 0 fully saturated rings. The third-order valence-corrected chi connectivity index (χ3v) is 2.41. The fraction of sp³-hybridized carbons (Fsp3) is 0. The van der Waals surface area contributed by atoms with Crippen LogP contribution in [0.25, 0.3) is 0 Å². The molecule has 0 bridgehead atoms. The standard InChI is InChI=1S/C11H8ClF3N4/c12-5-1-6(13)3-7(2-5)17-10-8(14)4-9(15)11(18-10)19-16/h1-4H,16H2,(H2,17,18,19). The summed E-state index contributed by atoms with van der Waals surface area (Å²) < 4.78 is 39.7. The van der Waals surface area contributed by atoms with Crippen LogP contribution in [0.1, 0.15) is 0 Å². The molecule has 0 aliphatic carbocycles. The van der Waals surface area contributed by atoms with Crippen molar-refractivity contribution >= 4 is 28.9 Å². The van der Waals surface area contributed by atoms with Crippen molar-refractivity contribution in [2.24, 2.45) is 5.84 Å². The van der Waals surface area contributed by atoms with Gasteiger partial charge in [0.1, 0.15) is 5.82 Å². The van der Waals surface area contributed by atoms with Crippen LogP contribution >= 0.6 is 11.6 Å². The summed E-state index contributed by atoms with van der Waals surface area (Å²) in [6.07, 6.45) is 0. The summed E-state index contributed by atoms with van der Waals surface area (Å²) in [5.41, 5.74) is 2.15. The number of benzene rings is 1. The van der Waals surface area contributed by atoms with Crippen LogP contribution < -0.4 is 16.6 Å². The number of aromatic nitrogens is 1. The minimum absolute atomic E-state index is 0.127. The molecule has 4 nitrogen and oxygen atoms in total. The van der Waals surface area contributed by atoms with Gasteiger partial charge >= 0.3 is 0 Å². The number of nitrogens with one attached hydrogen (secondary N) is 2. The van der Waals surface area contributed by atoms with Gasteiger partial charge in [0.05, 0.1) is 0 Å². The van der Waals surface area contributed by atoms with Gasteiger partial charge in [0.25, 0.3) is 0 Å². The van der Waals surface area contributed by atoms with E-state index in [4.69, 9.17) is 17.4 Å². The molecule has 0 unspecified atom stereocenters. The van der Waals surface area contributed by atoms with Gasteiger partial charge in [-0.3, -0.25) is 0 Å². The van der Waals surface area contributed by atoms with Gasteiger partial charge in [-0.15, -0.1) is 0 Å². The molecule has 0 aliphatic rings. The molecule has 4 N–H and O–H groups in total. The van der Waals surface area contributed by atoms with Crippen LogP contribution in [0, 0.1) is 17.5 Å². The fourth-order valence-electron chi connectivity index (χ4n) is 1.42. The van der Waals surface area contributed by atoms with E-state index in [9.17, 15) is 13.2 Å². The van der Waals surface area contributed by atoms with Crippen molar-refractivity contribution in [1.29, 1.82) is 0 Å². The monoisotopic (exact) mass is 288 g/mol. The first-order chi connectivity index (χ1) is 8.99. The molecule has 0 amide bonds. The Morgan fingerprint density at radius 3 is 2.32 bits per heavy atom. The summed E-state index contributed by atoms with van der Waals surface area (Å²) in [6, 6.07) is 4.15. The Kier molecular flexibility index (Phi) is 3.77. The van der Waals surface area contributed by atoms with Crippen LogP contribution in [0.3, 0.4) is 0 Å². The van der Waals surface area contributed by atoms with E-state index in [0.29, 0.717) is 6.07 Å². The molecule has 0 spiro atoms. The van der Waals surface area contributed by atoms with Crippen molar-refractivity contribution < 1.29 is 13.2 Å². The number of hydrazine groups is 1. The van der Waals surface area contributed by atoms with Gasteiger partial charge < -0.3 is 10.7 Å². The zero-order valence-electron chi connectivity index (χ0n) is 9.35. The normalized spacial score (nSPS) is 10.4. The number of nitrogen functional groups attached to an aromatic ring is 1. The second-order valence-corrected chi connectivity index (χ2v) is 4.01. The Hall–Kier alpha value is -1.99. The lowest BCUT2D eigenvalue weighted by Gasteiger charge is -2.09. The van der Waals surface area contributed by atoms with E-state index >= 15 is 0 Å². The molecule has 2 aromatic rings. The van der Waals surface area contributed by atoms with Gasteiger partial charge in [-0.1, -0.05) is 11.6 Å². The number of rotatable bonds is 3. The number of hydrogen-bond acceptors (Lipinski definition) is 4. The summed E-state index contributed by atoms with van der Waals surface area (Å²) >= 11 is 5.65. The summed E-state index contributed by atoms with van der Waals surface area (Å²) in [5, 5.41) is 2.61. The first-order valence-corrected chi connectivity index (χ1v) is 5.43. The van der Waals surface area contributed by atoms with Crippen LogP contribution in [-0.2, 0) is 0 Å². The van der Waals surface area contributed by atoms with E-state index in [1.54, 1.807) is 0 Å². The molecule has 1 heterocycles. The lowest BCUT2D eigenvalue weighted by molar-refractivity contribution is 0.579. The highest BCUT2D eigenvalue weighted by Gasteiger charge is 2.12. The average Bonchev–Trinajstić information content (AvgIpc) is 2.31. The molecule has 0 aliphatic heterocycles. The van der Waals surface area contributed by atoms with Crippen molar-refractivity contribution in [3.05, 3.63) is 46.7 Å². The second-order valence-electron chi connectivity index (χ2n) is 3.58. The number of anilines is 3. The second kappa shape index (κ2) is 5.33. The zero-order chi connectivity index (χ0) is 14.0. The van der Waals surface area contributed by atoms with Crippen LogP contribution in [0.2, 0.25) is 5.02 Å². The van der Waals surface area contributed by atoms with Crippen molar-refractivity contribution in [3.8, 4) is 0 Å². The largest absolute Gasteiger partial charge is 0.338 e. The van der Waals surface area contributed by atoms with Crippen LogP contribution in [0.4, 0.5) is 30.5 Å². The van der Waals surface area contributed by atoms with Gasteiger partial charge in [-0.25, -0.2) is 24.0 Å². The maximum absolute atomic E-state index is 13.5. The lowest BCUT2D eigenvalue weighted by atomic mass is 10.3. The summed E-state index contributed by atoms with van der Waals surface area (Å²) in [5.74, 6) is 1.89. The van der Waals surface area contributed by atoms with E-state index in [1.807, 2.05) is 5.43 Å². The first kappa shape index (κ1) is 13.4. The number of nitrogens with zero attached hydrogens (tertiary/aromatic N) is 1. The molecule has 19 heavy (non-hydrogen) atoms. The highest BCUT2D eigenvalue weighted by Crippen LogP contribution is 2.24. The van der Waals surface area contributed by atoms with E-state index in [1.165, 1.54) is 6.07 Å². The number of pyridine rings is 1. The Morgan fingerprint density at radius 2 is 1.68 bits per heavy atom. The molecule has 0 saturated heterocycles. The molecule has 0 atom stereocenters. The Balaban J connectivity index is 2.37. The van der Waals surface area contributed by atoms with E-state index in [2.05, 4.69) is 10.3 Å². The van der Waals surface area contributed by atoms with Gasteiger partial charge in [-0.2, -0.15) is 0 Å². The van der Waals surface area contributed by atoms with E-state index in [-0.39, 0.29) is 22.3 Å². The quantitative estimate of drug-likeness (QED) is 0.599. The topological polar surface area (TPSA) is 63.0 Å². The van der Waals surface area contributed by atoms with Gasteiger partial charge in [0.15, 0.2) is 23.3 Å². The fourth-order valence-corrected chi connectivity index (χ4v) is 1.64. The smallest absolute Gasteiger partial charge is 0.178 e. The third kappa shape index (κ3) is 3.07. The Labute approximate surface area is 111 Å². The van der Waals surface area contributed by atoms with Crippen molar-refractivity contribution in [2.75, 3.05) is 10.7 Å². The Morgan fingerprint density at radius 1 is 1.00 bits per heavy atom. The number of nitrogens with two attached hydrogens (primary N) is 1. The highest BCUT2D eigenvalue weighted by molar-refractivity contribution is 6.30. The SMILES string of the molecule is NNc1nc(Nc2cc(F)cc(Cl)c2)c(F)cc1F. The molecule has 1 aromatic carbocycles. The molecule has 100 valence electrons. The predicted octanol–water partition coefficient (Wildman–Crippen LogP) is 3.18. The van der Waals surface area contributed by atoms with Gasteiger partial charge in [0, 0.05) is 16.8 Å². The van der Waals surface area contributed by atoms with Crippen LogP contribution in [0.5, 0.6) is 0 Å². The summed E-state index contributed by atoms with van der Waals surface area (Å²) in [6.45, 7) is 0. The van der Waals surface area contributed by atoms with Crippen LogP contribution in [-0.4, -0.2) is 4.98 Å². The van der Waals surface area contributed by atoms with E-state index in [0.717, 1.165) is 12.1 Å². The molecular formula is C11H8ClF3N4. The third-order valence-electron chi connectivity index (χ3n) is 2.19. The van der Waals surface area contributed by atoms with Crippen LogP contribution in [0.15, 0.2) is 24.3 Å². The predicted molar refractivity (Wildman–Crippen MR) is 66.7 cm³/mol. The summed E-state index contributed by atoms with van der Waals surface area (Å²) in [7, 11) is 0. The minimum Gasteiger partial charge on any atom is -0.338 e. The van der Waals surface area contributed by atoms with Gasteiger partial charge in [-0.05, 0) is 18.2 Å². The minimum atomic E-state index is -0.947. The summed E-state index contributed by atoms with van der Waals surface area (Å²) in [4.78, 5) is 3.58. The average molecular weight is 289 g/mol. The zero-order valence-corrected chi connectivity index (χ0v) is 10.1. The maximum atomic E-state index is 13.5. The molecule has 0 saturated carbocycles. The van der Waals surface area contributed by atoms with E-state index < -0.39 is 17.5 Å². The molecule has 8 heteroatoms.